The number of benzene rings is 2. The van der Waals surface area contributed by atoms with Gasteiger partial charge in [-0.05, 0) is 23.1 Å². The van der Waals surface area contributed by atoms with Gasteiger partial charge in [-0.15, -0.1) is 11.3 Å². The number of hydrogen-bond acceptors (Lipinski definition) is 7. The Balaban J connectivity index is 1.65. The highest BCUT2D eigenvalue weighted by Gasteiger charge is 2.20. The summed E-state index contributed by atoms with van der Waals surface area (Å²) >= 11 is 1.50. The molecule has 3 rings (SSSR count). The maximum Gasteiger partial charge on any atom is 0.340 e. The third kappa shape index (κ3) is 4.96. The molecule has 0 aliphatic carbocycles. The minimum atomic E-state index is -0.833. The highest BCUT2D eigenvalue weighted by Crippen LogP contribution is 2.26. The van der Waals surface area contributed by atoms with Gasteiger partial charge < -0.3 is 15.8 Å². The molecule has 1 amide bonds. The number of ether oxygens (including phenoxy) is 1. The number of nitrogen functional groups attached to an aromatic ring is 1. The third-order valence-electron chi connectivity index (χ3n) is 4.07. The van der Waals surface area contributed by atoms with Gasteiger partial charge in [0.1, 0.15) is 0 Å². The van der Waals surface area contributed by atoms with Crippen molar-refractivity contribution in [2.24, 2.45) is 0 Å². The molecule has 0 saturated carbocycles. The Hall–Kier alpha value is -3.72. The number of nitro groups is 1. The molecule has 0 aliphatic rings. The number of thiophene rings is 1. The van der Waals surface area contributed by atoms with Crippen LogP contribution in [0.2, 0.25) is 0 Å². The molecular weight excluding hydrogens is 394 g/mol. The number of nitrogens with zero attached hydrogens (tertiary/aromatic N) is 1. The van der Waals surface area contributed by atoms with E-state index >= 15 is 0 Å². The number of nitro benzene ring substituents is 1. The monoisotopic (exact) mass is 411 g/mol. The molecule has 1 atom stereocenters. The number of nitrogens with one attached hydrogen (secondary N) is 1. The van der Waals surface area contributed by atoms with E-state index in [0.717, 1.165) is 22.6 Å². The van der Waals surface area contributed by atoms with Crippen LogP contribution in [-0.2, 0) is 9.53 Å². The first kappa shape index (κ1) is 20.0. The number of amides is 1. The maximum absolute atomic E-state index is 12.4. The normalized spacial score (nSPS) is 11.4. The predicted molar refractivity (Wildman–Crippen MR) is 109 cm³/mol. The Morgan fingerprint density at radius 3 is 2.52 bits per heavy atom. The number of non-ortho nitro benzene ring substituents is 1. The lowest BCUT2D eigenvalue weighted by Crippen LogP contribution is -2.32. The minimum absolute atomic E-state index is 0.0405. The second-order valence-electron chi connectivity index (χ2n) is 6.03. The number of esters is 1. The number of carbonyl (C=O) groups excluding carboxylic acids is 2. The van der Waals surface area contributed by atoms with E-state index in [1.807, 2.05) is 47.8 Å². The molecule has 1 aromatic heterocycles. The Morgan fingerprint density at radius 1 is 1.14 bits per heavy atom. The van der Waals surface area contributed by atoms with Crippen molar-refractivity contribution in [3.8, 4) is 0 Å². The predicted octanol–water partition coefficient (Wildman–Crippen LogP) is 3.30. The van der Waals surface area contributed by atoms with Crippen LogP contribution in [0.4, 0.5) is 11.4 Å². The molecule has 0 fully saturated rings. The van der Waals surface area contributed by atoms with Gasteiger partial charge >= 0.3 is 5.97 Å². The molecule has 9 heteroatoms. The van der Waals surface area contributed by atoms with E-state index in [0.29, 0.717) is 0 Å². The number of hydrogen-bond donors (Lipinski definition) is 2. The lowest BCUT2D eigenvalue weighted by Gasteiger charge is -2.18. The summed E-state index contributed by atoms with van der Waals surface area (Å²) in [5, 5.41) is 15.5. The van der Waals surface area contributed by atoms with Gasteiger partial charge in [0, 0.05) is 17.0 Å². The van der Waals surface area contributed by atoms with Crippen LogP contribution in [0.25, 0.3) is 0 Å². The van der Waals surface area contributed by atoms with Gasteiger partial charge in [0.25, 0.3) is 11.6 Å². The largest absolute Gasteiger partial charge is 0.452 e. The van der Waals surface area contributed by atoms with Gasteiger partial charge in [-0.3, -0.25) is 14.9 Å². The van der Waals surface area contributed by atoms with E-state index in [1.165, 1.54) is 17.4 Å². The SMILES string of the molecule is Nc1cc([N+](=O)[O-])ccc1C(=O)OCC(=O)N[C@H](c1ccccc1)c1cccs1. The fourth-order valence-electron chi connectivity index (χ4n) is 2.68. The molecule has 0 saturated heterocycles. The van der Waals surface area contributed by atoms with Crippen molar-refractivity contribution in [2.75, 3.05) is 12.3 Å². The number of carbonyl (C=O) groups is 2. The van der Waals surface area contributed by atoms with E-state index < -0.39 is 23.4 Å². The Morgan fingerprint density at radius 2 is 1.90 bits per heavy atom. The molecule has 0 radical (unpaired) electrons. The standard InChI is InChI=1S/C20H17N3O5S/c21-16-11-14(23(26)27)8-9-15(16)20(25)28-12-18(24)22-19(17-7-4-10-29-17)13-5-2-1-3-6-13/h1-11,19H,12,21H2,(H,22,24)/t19-/m1/s1. The highest BCUT2D eigenvalue weighted by molar-refractivity contribution is 7.10. The summed E-state index contributed by atoms with van der Waals surface area (Å²) in [4.78, 5) is 35.6. The molecule has 29 heavy (non-hydrogen) atoms. The summed E-state index contributed by atoms with van der Waals surface area (Å²) in [6.45, 7) is -0.510. The summed E-state index contributed by atoms with van der Waals surface area (Å²) in [6, 6.07) is 16.3. The summed E-state index contributed by atoms with van der Waals surface area (Å²) < 4.78 is 5.03. The number of nitrogens with two attached hydrogens (primary N) is 1. The van der Waals surface area contributed by atoms with Crippen LogP contribution in [0.3, 0.4) is 0 Å². The molecule has 0 spiro atoms. The second kappa shape index (κ2) is 8.98. The number of rotatable bonds is 7. The Bertz CT molecular complexity index is 1020. The molecule has 8 nitrogen and oxygen atoms in total. The van der Waals surface area contributed by atoms with E-state index in [1.54, 1.807) is 0 Å². The quantitative estimate of drug-likeness (QED) is 0.266. The van der Waals surface area contributed by atoms with Crippen molar-refractivity contribution < 1.29 is 19.2 Å². The fourth-order valence-corrected chi connectivity index (χ4v) is 3.48. The van der Waals surface area contributed by atoms with Gasteiger partial charge in [0.2, 0.25) is 0 Å². The van der Waals surface area contributed by atoms with Crippen molar-refractivity contribution in [1.29, 1.82) is 0 Å². The first-order valence-electron chi connectivity index (χ1n) is 8.54. The molecule has 0 aliphatic heterocycles. The van der Waals surface area contributed by atoms with Crippen molar-refractivity contribution in [3.63, 3.8) is 0 Å². The smallest absolute Gasteiger partial charge is 0.340 e. The summed E-state index contributed by atoms with van der Waals surface area (Å²) in [7, 11) is 0. The third-order valence-corrected chi connectivity index (χ3v) is 5.00. The zero-order chi connectivity index (χ0) is 20.8. The van der Waals surface area contributed by atoms with Gasteiger partial charge in [-0.1, -0.05) is 36.4 Å². The van der Waals surface area contributed by atoms with E-state index in [2.05, 4.69) is 5.32 Å². The van der Waals surface area contributed by atoms with Crippen molar-refractivity contribution in [2.45, 2.75) is 6.04 Å². The van der Waals surface area contributed by atoms with Crippen LogP contribution in [0.15, 0.2) is 66.0 Å². The lowest BCUT2D eigenvalue weighted by molar-refractivity contribution is -0.384. The van der Waals surface area contributed by atoms with Gasteiger partial charge in [-0.2, -0.15) is 0 Å². The highest BCUT2D eigenvalue weighted by atomic mass is 32.1. The van der Waals surface area contributed by atoms with Crippen LogP contribution >= 0.6 is 11.3 Å². The summed E-state index contributed by atoms with van der Waals surface area (Å²) in [6.07, 6.45) is 0. The fraction of sp³-hybridized carbons (Fsp3) is 0.100. The summed E-state index contributed by atoms with van der Waals surface area (Å²) in [5.74, 6) is -1.32. The number of anilines is 1. The first-order valence-corrected chi connectivity index (χ1v) is 9.42. The average Bonchev–Trinajstić information content (AvgIpc) is 3.25. The van der Waals surface area contributed by atoms with E-state index in [4.69, 9.17) is 10.5 Å². The van der Waals surface area contributed by atoms with Gasteiger partial charge in [0.15, 0.2) is 6.61 Å². The van der Waals surface area contributed by atoms with Crippen LogP contribution in [-0.4, -0.2) is 23.4 Å². The van der Waals surface area contributed by atoms with Crippen molar-refractivity contribution in [1.82, 2.24) is 5.32 Å². The summed E-state index contributed by atoms with van der Waals surface area (Å²) in [5.41, 5.74) is 6.21. The van der Waals surface area contributed by atoms with Gasteiger partial charge in [0.05, 0.1) is 22.2 Å². The maximum atomic E-state index is 12.4. The molecule has 0 unspecified atom stereocenters. The average molecular weight is 411 g/mol. The van der Waals surface area contributed by atoms with E-state index in [-0.39, 0.29) is 23.0 Å². The van der Waals surface area contributed by atoms with Crippen LogP contribution in [0.5, 0.6) is 0 Å². The van der Waals surface area contributed by atoms with Crippen LogP contribution in [0, 0.1) is 10.1 Å². The molecule has 0 bridgehead atoms. The Kier molecular flexibility index (Phi) is 6.20. The molecular formula is C20H17N3O5S. The van der Waals surface area contributed by atoms with Crippen molar-refractivity contribution in [3.05, 3.63) is 92.2 Å². The molecule has 1 heterocycles. The first-order chi connectivity index (χ1) is 14.0. The molecule has 3 N–H and O–H groups in total. The molecule has 148 valence electrons. The van der Waals surface area contributed by atoms with Crippen LogP contribution < -0.4 is 11.1 Å². The van der Waals surface area contributed by atoms with Crippen LogP contribution in [0.1, 0.15) is 26.8 Å². The van der Waals surface area contributed by atoms with Gasteiger partial charge in [-0.25, -0.2) is 4.79 Å². The minimum Gasteiger partial charge on any atom is -0.452 e. The zero-order valence-electron chi connectivity index (χ0n) is 15.1. The zero-order valence-corrected chi connectivity index (χ0v) is 15.9. The van der Waals surface area contributed by atoms with E-state index in [9.17, 15) is 19.7 Å². The topological polar surface area (TPSA) is 125 Å². The molecule has 3 aromatic rings. The Labute approximate surface area is 170 Å². The molecule has 2 aromatic carbocycles. The van der Waals surface area contributed by atoms with Crippen molar-refractivity contribution >= 4 is 34.6 Å². The second-order valence-corrected chi connectivity index (χ2v) is 7.01. The lowest BCUT2D eigenvalue weighted by atomic mass is 10.1.